The van der Waals surface area contributed by atoms with Crippen LogP contribution in [0.5, 0.6) is 0 Å². The van der Waals surface area contributed by atoms with Crippen LogP contribution in [0.2, 0.25) is 0 Å². The molecule has 1 fully saturated rings. The number of carbonyl (C=O) groups excluding carboxylic acids is 1. The van der Waals surface area contributed by atoms with Crippen molar-refractivity contribution in [2.75, 3.05) is 33.3 Å². The lowest BCUT2D eigenvalue weighted by atomic mass is 9.98. The zero-order chi connectivity index (χ0) is 15.4. The summed E-state index contributed by atoms with van der Waals surface area (Å²) < 4.78 is 11.1. The van der Waals surface area contributed by atoms with E-state index in [9.17, 15) is 4.79 Å². The molecule has 0 aromatic rings. The summed E-state index contributed by atoms with van der Waals surface area (Å²) in [5.41, 5.74) is -0.304. The van der Waals surface area contributed by atoms with E-state index in [1.165, 1.54) is 0 Å². The van der Waals surface area contributed by atoms with Gasteiger partial charge in [0.15, 0.2) is 0 Å². The van der Waals surface area contributed by atoms with Gasteiger partial charge in [-0.1, -0.05) is 0 Å². The second-order valence-electron chi connectivity index (χ2n) is 6.71. The number of hydrogen-bond donors (Lipinski definition) is 1. The lowest BCUT2D eigenvalue weighted by Crippen LogP contribution is -2.57. The fraction of sp³-hybridized carbons (Fsp3) is 0.933. The molecule has 5 heteroatoms. The first-order valence-electron chi connectivity index (χ1n) is 7.45. The smallest absolute Gasteiger partial charge is 0.323 e. The molecular formula is C15H30N2O3. The Kier molecular flexibility index (Phi) is 5.98. The molecule has 20 heavy (non-hydrogen) atoms. The van der Waals surface area contributed by atoms with Crippen molar-refractivity contribution in [2.24, 2.45) is 0 Å². The van der Waals surface area contributed by atoms with Crippen LogP contribution in [0.25, 0.3) is 0 Å². The van der Waals surface area contributed by atoms with E-state index < -0.39 is 0 Å². The molecule has 0 bridgehead atoms. The van der Waals surface area contributed by atoms with Gasteiger partial charge in [0.25, 0.3) is 0 Å². The molecule has 1 N–H and O–H groups in total. The standard InChI is InChI=1S/C15H30N2O3/c1-7-19-13(18)12(16-6)8-9-17-10-14(2,3)20-15(4,5)11-17/h12,16H,7-11H2,1-6H3. The van der Waals surface area contributed by atoms with Crippen LogP contribution in [0.3, 0.4) is 0 Å². The molecule has 1 saturated heterocycles. The summed E-state index contributed by atoms with van der Waals surface area (Å²) in [7, 11) is 1.80. The number of nitrogens with one attached hydrogen (secondary N) is 1. The van der Waals surface area contributed by atoms with E-state index in [1.54, 1.807) is 7.05 Å². The predicted molar refractivity (Wildman–Crippen MR) is 79.8 cm³/mol. The summed E-state index contributed by atoms with van der Waals surface area (Å²) in [6.45, 7) is 13.3. The lowest BCUT2D eigenvalue weighted by molar-refractivity contribution is -0.180. The van der Waals surface area contributed by atoms with Crippen LogP contribution >= 0.6 is 0 Å². The Morgan fingerprint density at radius 2 is 1.85 bits per heavy atom. The van der Waals surface area contributed by atoms with Gasteiger partial charge in [0, 0.05) is 19.6 Å². The van der Waals surface area contributed by atoms with Crippen molar-refractivity contribution in [2.45, 2.75) is 58.3 Å². The first-order chi connectivity index (χ1) is 9.19. The molecule has 5 nitrogen and oxygen atoms in total. The third kappa shape index (κ3) is 5.38. The van der Waals surface area contributed by atoms with Gasteiger partial charge in [-0.2, -0.15) is 0 Å². The molecule has 1 atom stereocenters. The second kappa shape index (κ2) is 6.87. The Balaban J connectivity index is 2.53. The van der Waals surface area contributed by atoms with Crippen LogP contribution in [0, 0.1) is 0 Å². The molecule has 0 aromatic carbocycles. The van der Waals surface area contributed by atoms with Gasteiger partial charge in [0.2, 0.25) is 0 Å². The van der Waals surface area contributed by atoms with Crippen LogP contribution in [-0.4, -0.2) is 61.4 Å². The summed E-state index contributed by atoms with van der Waals surface area (Å²) in [5.74, 6) is -0.165. The minimum atomic E-state index is -0.232. The normalized spacial score (nSPS) is 23.3. The molecule has 0 spiro atoms. The van der Waals surface area contributed by atoms with E-state index in [2.05, 4.69) is 37.9 Å². The number of hydrogen-bond acceptors (Lipinski definition) is 5. The van der Waals surface area contributed by atoms with Gasteiger partial charge in [-0.15, -0.1) is 0 Å². The Bertz CT molecular complexity index is 313. The Morgan fingerprint density at radius 1 is 1.30 bits per heavy atom. The average molecular weight is 286 g/mol. The minimum absolute atomic E-state index is 0.152. The van der Waals surface area contributed by atoms with Crippen LogP contribution in [0.15, 0.2) is 0 Å². The van der Waals surface area contributed by atoms with E-state index in [0.29, 0.717) is 6.61 Å². The molecule has 1 aliphatic rings. The zero-order valence-electron chi connectivity index (χ0n) is 13.8. The highest BCUT2D eigenvalue weighted by molar-refractivity contribution is 5.75. The van der Waals surface area contributed by atoms with Crippen molar-refractivity contribution in [1.82, 2.24) is 10.2 Å². The second-order valence-corrected chi connectivity index (χ2v) is 6.71. The van der Waals surface area contributed by atoms with E-state index in [-0.39, 0.29) is 23.2 Å². The first kappa shape index (κ1) is 17.4. The monoisotopic (exact) mass is 286 g/mol. The summed E-state index contributed by atoms with van der Waals surface area (Å²) in [6, 6.07) is -0.232. The van der Waals surface area contributed by atoms with Crippen molar-refractivity contribution < 1.29 is 14.3 Å². The molecule has 0 radical (unpaired) electrons. The Labute approximate surface area is 123 Å². The van der Waals surface area contributed by atoms with Gasteiger partial charge < -0.3 is 14.8 Å². The lowest BCUT2D eigenvalue weighted by Gasteiger charge is -2.47. The maximum atomic E-state index is 11.8. The number of rotatable bonds is 6. The van der Waals surface area contributed by atoms with Crippen LogP contribution in [0.1, 0.15) is 41.0 Å². The van der Waals surface area contributed by atoms with Gasteiger partial charge in [-0.3, -0.25) is 9.69 Å². The highest BCUT2D eigenvalue weighted by Gasteiger charge is 2.38. The molecular weight excluding hydrogens is 256 g/mol. The van der Waals surface area contributed by atoms with Crippen LogP contribution in [0.4, 0.5) is 0 Å². The van der Waals surface area contributed by atoms with Gasteiger partial charge in [0.1, 0.15) is 6.04 Å². The van der Waals surface area contributed by atoms with E-state index in [0.717, 1.165) is 26.1 Å². The fourth-order valence-electron chi connectivity index (χ4n) is 3.04. The zero-order valence-corrected chi connectivity index (χ0v) is 13.8. The SMILES string of the molecule is CCOC(=O)C(CCN1CC(C)(C)OC(C)(C)C1)NC. The summed E-state index contributed by atoms with van der Waals surface area (Å²) in [5, 5.41) is 3.04. The van der Waals surface area contributed by atoms with E-state index in [1.807, 2.05) is 6.92 Å². The number of ether oxygens (including phenoxy) is 2. The third-order valence-corrected chi connectivity index (χ3v) is 3.41. The summed E-state index contributed by atoms with van der Waals surface area (Å²) in [4.78, 5) is 14.1. The summed E-state index contributed by atoms with van der Waals surface area (Å²) in [6.07, 6.45) is 0.751. The number of nitrogens with zero attached hydrogens (tertiary/aromatic N) is 1. The molecule has 1 heterocycles. The van der Waals surface area contributed by atoms with Gasteiger partial charge in [-0.25, -0.2) is 0 Å². The maximum Gasteiger partial charge on any atom is 0.323 e. The summed E-state index contributed by atoms with van der Waals surface area (Å²) >= 11 is 0. The molecule has 1 unspecified atom stereocenters. The van der Waals surface area contributed by atoms with Crippen LogP contribution in [-0.2, 0) is 14.3 Å². The molecule has 0 amide bonds. The molecule has 0 aliphatic carbocycles. The van der Waals surface area contributed by atoms with Crippen molar-refractivity contribution >= 4 is 5.97 Å². The molecule has 0 aromatic heterocycles. The van der Waals surface area contributed by atoms with Crippen molar-refractivity contribution in [3.63, 3.8) is 0 Å². The molecule has 1 aliphatic heterocycles. The maximum absolute atomic E-state index is 11.8. The Morgan fingerprint density at radius 3 is 2.30 bits per heavy atom. The van der Waals surface area contributed by atoms with Crippen molar-refractivity contribution in [3.05, 3.63) is 0 Å². The van der Waals surface area contributed by atoms with Crippen molar-refractivity contribution in [1.29, 1.82) is 0 Å². The minimum Gasteiger partial charge on any atom is -0.465 e. The van der Waals surface area contributed by atoms with Crippen LogP contribution < -0.4 is 5.32 Å². The Hall–Kier alpha value is -0.650. The predicted octanol–water partition coefficient (Wildman–Crippen LogP) is 1.42. The fourth-order valence-corrected chi connectivity index (χ4v) is 3.04. The molecule has 1 rings (SSSR count). The average Bonchev–Trinajstić information content (AvgIpc) is 2.25. The van der Waals surface area contributed by atoms with E-state index in [4.69, 9.17) is 9.47 Å². The van der Waals surface area contributed by atoms with Gasteiger partial charge >= 0.3 is 5.97 Å². The van der Waals surface area contributed by atoms with Gasteiger partial charge in [0.05, 0.1) is 17.8 Å². The topological polar surface area (TPSA) is 50.8 Å². The number of esters is 1. The first-order valence-corrected chi connectivity index (χ1v) is 7.45. The molecule has 118 valence electrons. The largest absolute Gasteiger partial charge is 0.465 e. The number of carbonyl (C=O) groups is 1. The van der Waals surface area contributed by atoms with Crippen molar-refractivity contribution in [3.8, 4) is 0 Å². The highest BCUT2D eigenvalue weighted by atomic mass is 16.5. The third-order valence-electron chi connectivity index (χ3n) is 3.41. The highest BCUT2D eigenvalue weighted by Crippen LogP contribution is 2.28. The molecule has 0 saturated carbocycles. The quantitative estimate of drug-likeness (QED) is 0.748. The van der Waals surface area contributed by atoms with E-state index >= 15 is 0 Å². The van der Waals surface area contributed by atoms with Gasteiger partial charge in [-0.05, 0) is 48.1 Å². The number of morpholine rings is 1. The number of likely N-dealkylation sites (N-methyl/N-ethyl adjacent to an activating group) is 1.